The zero-order valence-electron chi connectivity index (χ0n) is 11.1. The van der Waals surface area contributed by atoms with Crippen molar-refractivity contribution in [3.8, 4) is 11.5 Å². The van der Waals surface area contributed by atoms with Gasteiger partial charge in [-0.05, 0) is 25.8 Å². The van der Waals surface area contributed by atoms with Crippen LogP contribution >= 0.6 is 0 Å². The Bertz CT molecular complexity index is 518. The second-order valence-corrected chi connectivity index (χ2v) is 4.20. The number of nitrogens with one attached hydrogen (secondary N) is 1. The van der Waals surface area contributed by atoms with Crippen LogP contribution in [0.4, 0.5) is 5.95 Å². The number of imidazole rings is 1. The Balaban J connectivity index is 2.42. The quantitative estimate of drug-likeness (QED) is 0.879. The zero-order valence-corrected chi connectivity index (χ0v) is 11.1. The molecule has 0 fully saturated rings. The van der Waals surface area contributed by atoms with Gasteiger partial charge in [0.25, 0.3) is 0 Å². The van der Waals surface area contributed by atoms with Gasteiger partial charge in [-0.15, -0.1) is 0 Å². The first-order chi connectivity index (χ1) is 8.76. The number of nitrogens with zero attached hydrogens (tertiary/aromatic N) is 4. The van der Waals surface area contributed by atoms with Crippen LogP contribution in [-0.4, -0.2) is 26.1 Å². The van der Waals surface area contributed by atoms with Crippen molar-refractivity contribution in [3.63, 3.8) is 0 Å². The van der Waals surface area contributed by atoms with Gasteiger partial charge in [0.1, 0.15) is 5.69 Å². The average Bonchev–Trinajstić information content (AvgIpc) is 2.81. The summed E-state index contributed by atoms with van der Waals surface area (Å²) in [6, 6.07) is 0. The summed E-state index contributed by atoms with van der Waals surface area (Å²) in [5.41, 5.74) is 1.94. The number of hydrogen-bond donors (Lipinski definition) is 1. The highest BCUT2D eigenvalue weighted by molar-refractivity contribution is 5.56. The minimum absolute atomic E-state index is 0.657. The summed E-state index contributed by atoms with van der Waals surface area (Å²) in [5.74, 6) is 1.57. The molecule has 2 aromatic heterocycles. The van der Waals surface area contributed by atoms with Gasteiger partial charge in [0.15, 0.2) is 5.82 Å². The van der Waals surface area contributed by atoms with Gasteiger partial charge in [-0.2, -0.15) is 0 Å². The maximum atomic E-state index is 4.54. The lowest BCUT2D eigenvalue weighted by molar-refractivity contribution is 0.683. The van der Waals surface area contributed by atoms with Crippen LogP contribution in [0.5, 0.6) is 0 Å². The minimum atomic E-state index is 0.657. The van der Waals surface area contributed by atoms with E-state index >= 15 is 0 Å². The highest BCUT2D eigenvalue weighted by Gasteiger charge is 2.11. The Labute approximate surface area is 107 Å². The standard InChI is InChI=1S/C13H19N5/c1-4-7-18-8-6-15-12(18)11-10(3)9-16-13(17-11)14-5-2/h6,8-9H,4-5,7H2,1-3H3,(H,14,16,17). The molecule has 2 aromatic rings. The first-order valence-electron chi connectivity index (χ1n) is 6.35. The molecule has 0 radical (unpaired) electrons. The molecule has 5 nitrogen and oxygen atoms in total. The Hall–Kier alpha value is -1.91. The van der Waals surface area contributed by atoms with E-state index in [1.165, 1.54) is 0 Å². The lowest BCUT2D eigenvalue weighted by Gasteiger charge is -2.09. The fraction of sp³-hybridized carbons (Fsp3) is 0.462. The summed E-state index contributed by atoms with van der Waals surface area (Å²) in [6.45, 7) is 7.96. The minimum Gasteiger partial charge on any atom is -0.354 e. The van der Waals surface area contributed by atoms with Crippen molar-refractivity contribution in [2.24, 2.45) is 0 Å². The number of aryl methyl sites for hydroxylation is 2. The van der Waals surface area contributed by atoms with Gasteiger partial charge in [-0.25, -0.2) is 15.0 Å². The fourth-order valence-electron chi connectivity index (χ4n) is 1.86. The summed E-state index contributed by atoms with van der Waals surface area (Å²) in [7, 11) is 0. The molecule has 0 aliphatic carbocycles. The van der Waals surface area contributed by atoms with E-state index in [1.54, 1.807) is 0 Å². The molecule has 0 bridgehead atoms. The summed E-state index contributed by atoms with van der Waals surface area (Å²) in [4.78, 5) is 13.2. The van der Waals surface area contributed by atoms with E-state index in [0.717, 1.165) is 36.6 Å². The van der Waals surface area contributed by atoms with Gasteiger partial charge in [-0.1, -0.05) is 6.92 Å². The molecule has 5 heteroatoms. The second-order valence-electron chi connectivity index (χ2n) is 4.20. The van der Waals surface area contributed by atoms with E-state index in [4.69, 9.17) is 0 Å². The summed E-state index contributed by atoms with van der Waals surface area (Å²) < 4.78 is 2.13. The summed E-state index contributed by atoms with van der Waals surface area (Å²) >= 11 is 0. The summed E-state index contributed by atoms with van der Waals surface area (Å²) in [5, 5.41) is 3.13. The molecule has 0 amide bonds. The number of rotatable bonds is 5. The molecule has 1 N–H and O–H groups in total. The predicted octanol–water partition coefficient (Wildman–Crippen LogP) is 2.49. The van der Waals surface area contributed by atoms with Crippen LogP contribution in [-0.2, 0) is 6.54 Å². The molecule has 0 aliphatic heterocycles. The first kappa shape index (κ1) is 12.5. The van der Waals surface area contributed by atoms with E-state index in [9.17, 15) is 0 Å². The summed E-state index contributed by atoms with van der Waals surface area (Å²) in [6.07, 6.45) is 6.73. The Morgan fingerprint density at radius 2 is 2.11 bits per heavy atom. The van der Waals surface area contributed by atoms with Crippen LogP contribution in [0.2, 0.25) is 0 Å². The Morgan fingerprint density at radius 1 is 1.28 bits per heavy atom. The first-order valence-corrected chi connectivity index (χ1v) is 6.35. The van der Waals surface area contributed by atoms with Crippen molar-refractivity contribution >= 4 is 5.95 Å². The molecule has 0 aromatic carbocycles. The van der Waals surface area contributed by atoms with Crippen molar-refractivity contribution in [2.75, 3.05) is 11.9 Å². The van der Waals surface area contributed by atoms with E-state index in [1.807, 2.05) is 32.4 Å². The van der Waals surface area contributed by atoms with Crippen LogP contribution in [0.25, 0.3) is 11.5 Å². The van der Waals surface area contributed by atoms with Crippen LogP contribution in [0.15, 0.2) is 18.6 Å². The van der Waals surface area contributed by atoms with Gasteiger partial charge >= 0.3 is 0 Å². The monoisotopic (exact) mass is 245 g/mol. The maximum absolute atomic E-state index is 4.54. The topological polar surface area (TPSA) is 55.6 Å². The number of hydrogen-bond acceptors (Lipinski definition) is 4. The van der Waals surface area contributed by atoms with E-state index in [2.05, 4.69) is 31.8 Å². The van der Waals surface area contributed by atoms with Gasteiger partial charge < -0.3 is 9.88 Å². The van der Waals surface area contributed by atoms with Crippen molar-refractivity contribution in [3.05, 3.63) is 24.2 Å². The third-order valence-electron chi connectivity index (χ3n) is 2.70. The molecule has 0 unspecified atom stereocenters. The molecule has 18 heavy (non-hydrogen) atoms. The molecule has 0 aliphatic rings. The smallest absolute Gasteiger partial charge is 0.223 e. The molecule has 2 heterocycles. The fourth-order valence-corrected chi connectivity index (χ4v) is 1.86. The normalized spacial score (nSPS) is 10.6. The van der Waals surface area contributed by atoms with Crippen molar-refractivity contribution in [1.82, 2.24) is 19.5 Å². The highest BCUT2D eigenvalue weighted by atomic mass is 15.1. The third kappa shape index (κ3) is 2.50. The van der Waals surface area contributed by atoms with Gasteiger partial charge in [0.2, 0.25) is 5.95 Å². The van der Waals surface area contributed by atoms with Crippen molar-refractivity contribution in [2.45, 2.75) is 33.7 Å². The van der Waals surface area contributed by atoms with Gasteiger partial charge in [-0.3, -0.25) is 0 Å². The largest absolute Gasteiger partial charge is 0.354 e. The van der Waals surface area contributed by atoms with Crippen molar-refractivity contribution in [1.29, 1.82) is 0 Å². The molecule has 0 saturated heterocycles. The van der Waals surface area contributed by atoms with Crippen molar-refractivity contribution < 1.29 is 0 Å². The van der Waals surface area contributed by atoms with Crippen LogP contribution in [0, 0.1) is 6.92 Å². The Morgan fingerprint density at radius 3 is 2.83 bits per heavy atom. The molecule has 0 atom stereocenters. The van der Waals surface area contributed by atoms with E-state index < -0.39 is 0 Å². The lowest BCUT2D eigenvalue weighted by Crippen LogP contribution is -2.06. The molecule has 96 valence electrons. The second kappa shape index (κ2) is 5.62. The average molecular weight is 245 g/mol. The maximum Gasteiger partial charge on any atom is 0.223 e. The number of anilines is 1. The molecular formula is C13H19N5. The van der Waals surface area contributed by atoms with E-state index in [-0.39, 0.29) is 0 Å². The van der Waals surface area contributed by atoms with Gasteiger partial charge in [0, 0.05) is 31.7 Å². The highest BCUT2D eigenvalue weighted by Crippen LogP contribution is 2.20. The molecule has 0 saturated carbocycles. The Kier molecular flexibility index (Phi) is 3.92. The van der Waals surface area contributed by atoms with Crippen LogP contribution in [0.1, 0.15) is 25.8 Å². The molecule has 2 rings (SSSR count). The SMILES string of the molecule is CCCn1ccnc1-c1nc(NCC)ncc1C. The van der Waals surface area contributed by atoms with Gasteiger partial charge in [0.05, 0.1) is 0 Å². The van der Waals surface area contributed by atoms with Crippen LogP contribution in [0.3, 0.4) is 0 Å². The predicted molar refractivity (Wildman–Crippen MR) is 72.4 cm³/mol. The molecule has 0 spiro atoms. The zero-order chi connectivity index (χ0) is 13.0. The lowest BCUT2D eigenvalue weighted by atomic mass is 10.2. The van der Waals surface area contributed by atoms with E-state index in [0.29, 0.717) is 5.95 Å². The molecular weight excluding hydrogens is 226 g/mol. The third-order valence-corrected chi connectivity index (χ3v) is 2.70. The number of aromatic nitrogens is 4. The van der Waals surface area contributed by atoms with Crippen LogP contribution < -0.4 is 5.32 Å².